The highest BCUT2D eigenvalue weighted by atomic mass is 19.1. The molecule has 0 fully saturated rings. The molecule has 2 aromatic rings. The number of non-ortho nitro benzene ring substituents is 1. The maximum atomic E-state index is 13.3. The third-order valence-corrected chi connectivity index (χ3v) is 2.80. The minimum absolute atomic E-state index is 0.00685. The van der Waals surface area contributed by atoms with Gasteiger partial charge in [-0.05, 0) is 25.1 Å². The second-order valence-corrected chi connectivity index (χ2v) is 4.50. The number of nitrogens with zero attached hydrogens (tertiary/aromatic N) is 1. The van der Waals surface area contributed by atoms with Crippen molar-refractivity contribution in [1.82, 2.24) is 0 Å². The number of anilines is 2. The third kappa shape index (κ3) is 3.33. The molecule has 0 aliphatic heterocycles. The number of carbonyl (C=O) groups is 1. The summed E-state index contributed by atoms with van der Waals surface area (Å²) in [5.41, 5.74) is 6.58. The van der Waals surface area contributed by atoms with Gasteiger partial charge in [-0.15, -0.1) is 0 Å². The van der Waals surface area contributed by atoms with Gasteiger partial charge in [-0.25, -0.2) is 4.39 Å². The van der Waals surface area contributed by atoms with Crippen LogP contribution in [0.15, 0.2) is 36.4 Å². The fraction of sp³-hybridized carbons (Fsp3) is 0.0714. The van der Waals surface area contributed by atoms with Crippen LogP contribution in [0.5, 0.6) is 0 Å². The Kier molecular flexibility index (Phi) is 3.84. The normalized spacial score (nSPS) is 10.2. The molecule has 2 rings (SSSR count). The van der Waals surface area contributed by atoms with Gasteiger partial charge < -0.3 is 11.1 Å². The van der Waals surface area contributed by atoms with E-state index in [4.69, 9.17) is 5.73 Å². The molecule has 6 nitrogen and oxygen atoms in total. The van der Waals surface area contributed by atoms with Gasteiger partial charge in [0.05, 0.1) is 22.2 Å². The number of nitrogens with two attached hydrogens (primary N) is 1. The van der Waals surface area contributed by atoms with Crippen LogP contribution in [0.4, 0.5) is 21.5 Å². The number of halogens is 1. The van der Waals surface area contributed by atoms with Gasteiger partial charge in [-0.2, -0.15) is 0 Å². The predicted octanol–water partition coefficient (Wildman–Crippen LogP) is 2.88. The molecule has 7 heteroatoms. The number of nitrogens with one attached hydrogen (secondary N) is 1. The monoisotopic (exact) mass is 289 g/mol. The van der Waals surface area contributed by atoms with Crippen LogP contribution in [0.2, 0.25) is 0 Å². The smallest absolute Gasteiger partial charge is 0.274 e. The minimum Gasteiger partial charge on any atom is -0.398 e. The zero-order chi connectivity index (χ0) is 15.6. The van der Waals surface area contributed by atoms with E-state index >= 15 is 0 Å². The Bertz CT molecular complexity index is 731. The van der Waals surface area contributed by atoms with Crippen LogP contribution < -0.4 is 11.1 Å². The maximum Gasteiger partial charge on any atom is 0.274 e. The van der Waals surface area contributed by atoms with Crippen molar-refractivity contribution in [3.8, 4) is 0 Å². The predicted molar refractivity (Wildman–Crippen MR) is 76.6 cm³/mol. The van der Waals surface area contributed by atoms with E-state index < -0.39 is 22.3 Å². The van der Waals surface area contributed by atoms with Gasteiger partial charge in [-0.1, -0.05) is 11.6 Å². The van der Waals surface area contributed by atoms with E-state index in [1.807, 2.05) is 0 Å². The molecular weight excluding hydrogens is 277 g/mol. The van der Waals surface area contributed by atoms with Gasteiger partial charge in [0.15, 0.2) is 0 Å². The summed E-state index contributed by atoms with van der Waals surface area (Å²) < 4.78 is 13.3. The number of nitro groups is 1. The zero-order valence-corrected chi connectivity index (χ0v) is 11.1. The molecule has 0 aromatic heterocycles. The van der Waals surface area contributed by atoms with Crippen LogP contribution >= 0.6 is 0 Å². The van der Waals surface area contributed by atoms with Crippen molar-refractivity contribution >= 4 is 23.0 Å². The summed E-state index contributed by atoms with van der Waals surface area (Å²) in [6.45, 7) is 1.79. The standard InChI is InChI=1S/C14H12FN3O3/c1-8-2-3-13(16)12(4-8)14(19)17-10-5-9(15)6-11(7-10)18(20)21/h2-7H,16H2,1H3,(H,17,19). The summed E-state index contributed by atoms with van der Waals surface area (Å²) in [6, 6.07) is 7.76. The van der Waals surface area contributed by atoms with Crippen LogP contribution in [0.25, 0.3) is 0 Å². The lowest BCUT2D eigenvalue weighted by Gasteiger charge is -2.08. The number of carbonyl (C=O) groups excluding carboxylic acids is 1. The molecule has 0 atom stereocenters. The molecule has 1 amide bonds. The number of benzene rings is 2. The fourth-order valence-corrected chi connectivity index (χ4v) is 1.82. The molecule has 0 bridgehead atoms. The average Bonchev–Trinajstić information content (AvgIpc) is 2.40. The lowest BCUT2D eigenvalue weighted by molar-refractivity contribution is -0.385. The number of hydrogen-bond acceptors (Lipinski definition) is 4. The molecule has 21 heavy (non-hydrogen) atoms. The van der Waals surface area contributed by atoms with Gasteiger partial charge in [0.25, 0.3) is 11.6 Å². The molecular formula is C14H12FN3O3. The minimum atomic E-state index is -0.809. The van der Waals surface area contributed by atoms with Crippen LogP contribution in [0.3, 0.4) is 0 Å². The highest BCUT2D eigenvalue weighted by Crippen LogP contribution is 2.22. The van der Waals surface area contributed by atoms with E-state index in [-0.39, 0.29) is 16.9 Å². The van der Waals surface area contributed by atoms with Gasteiger partial charge >= 0.3 is 0 Å². The molecule has 0 aliphatic carbocycles. The SMILES string of the molecule is Cc1ccc(N)c(C(=O)Nc2cc(F)cc([N+](=O)[O-])c2)c1. The summed E-state index contributed by atoms with van der Waals surface area (Å²) in [4.78, 5) is 22.0. The molecule has 0 unspecified atom stereocenters. The van der Waals surface area contributed by atoms with E-state index in [9.17, 15) is 19.3 Å². The van der Waals surface area contributed by atoms with Crippen molar-refractivity contribution in [2.75, 3.05) is 11.1 Å². The highest BCUT2D eigenvalue weighted by molar-refractivity contribution is 6.07. The lowest BCUT2D eigenvalue weighted by Crippen LogP contribution is -2.14. The number of nitrogen functional groups attached to an aromatic ring is 1. The Labute approximate surface area is 119 Å². The summed E-state index contributed by atoms with van der Waals surface area (Å²) in [6.07, 6.45) is 0. The van der Waals surface area contributed by atoms with Gasteiger partial charge in [-0.3, -0.25) is 14.9 Å². The number of hydrogen-bond donors (Lipinski definition) is 2. The summed E-state index contributed by atoms with van der Waals surface area (Å²) in [7, 11) is 0. The number of amides is 1. The molecule has 0 aliphatic rings. The Morgan fingerprint density at radius 2 is 2.00 bits per heavy atom. The second-order valence-electron chi connectivity index (χ2n) is 4.50. The van der Waals surface area contributed by atoms with Gasteiger partial charge in [0.2, 0.25) is 0 Å². The van der Waals surface area contributed by atoms with E-state index in [0.29, 0.717) is 0 Å². The Hall–Kier alpha value is -2.96. The Balaban J connectivity index is 2.31. The topological polar surface area (TPSA) is 98.3 Å². The molecule has 2 aromatic carbocycles. The largest absolute Gasteiger partial charge is 0.398 e. The Morgan fingerprint density at radius 1 is 1.29 bits per heavy atom. The molecule has 3 N–H and O–H groups in total. The molecule has 0 saturated heterocycles. The first-order valence-electron chi connectivity index (χ1n) is 5.99. The van der Waals surface area contributed by atoms with E-state index in [1.165, 1.54) is 0 Å². The number of nitro benzene ring substituents is 1. The first-order chi connectivity index (χ1) is 9.86. The first-order valence-corrected chi connectivity index (χ1v) is 5.99. The van der Waals surface area contributed by atoms with E-state index in [0.717, 1.165) is 23.8 Å². The number of aryl methyl sites for hydroxylation is 1. The summed E-state index contributed by atoms with van der Waals surface area (Å²) >= 11 is 0. The van der Waals surface area contributed by atoms with Crippen LogP contribution in [-0.2, 0) is 0 Å². The maximum absolute atomic E-state index is 13.3. The van der Waals surface area contributed by atoms with Crippen LogP contribution in [0.1, 0.15) is 15.9 Å². The van der Waals surface area contributed by atoms with Crippen molar-refractivity contribution in [1.29, 1.82) is 0 Å². The van der Waals surface area contributed by atoms with Crippen molar-refractivity contribution in [2.24, 2.45) is 0 Å². The van der Waals surface area contributed by atoms with E-state index in [2.05, 4.69) is 5.32 Å². The Morgan fingerprint density at radius 3 is 2.67 bits per heavy atom. The van der Waals surface area contributed by atoms with Crippen molar-refractivity contribution < 1.29 is 14.1 Å². The molecule has 0 saturated carbocycles. The summed E-state index contributed by atoms with van der Waals surface area (Å²) in [5.74, 6) is -1.37. The van der Waals surface area contributed by atoms with Crippen molar-refractivity contribution in [2.45, 2.75) is 6.92 Å². The molecule has 0 heterocycles. The molecule has 0 radical (unpaired) electrons. The van der Waals surface area contributed by atoms with Gasteiger partial charge in [0.1, 0.15) is 5.82 Å². The van der Waals surface area contributed by atoms with E-state index in [1.54, 1.807) is 25.1 Å². The zero-order valence-electron chi connectivity index (χ0n) is 11.1. The van der Waals surface area contributed by atoms with Crippen LogP contribution in [-0.4, -0.2) is 10.8 Å². The third-order valence-electron chi connectivity index (χ3n) is 2.80. The van der Waals surface area contributed by atoms with Crippen molar-refractivity contribution in [3.63, 3.8) is 0 Å². The lowest BCUT2D eigenvalue weighted by atomic mass is 10.1. The van der Waals surface area contributed by atoms with Crippen LogP contribution in [0, 0.1) is 22.9 Å². The van der Waals surface area contributed by atoms with Gasteiger partial charge in [0, 0.05) is 11.8 Å². The highest BCUT2D eigenvalue weighted by Gasteiger charge is 2.14. The second kappa shape index (κ2) is 5.58. The summed E-state index contributed by atoms with van der Waals surface area (Å²) in [5, 5.41) is 13.1. The average molecular weight is 289 g/mol. The quantitative estimate of drug-likeness (QED) is 0.515. The molecule has 108 valence electrons. The fourth-order valence-electron chi connectivity index (χ4n) is 1.82. The number of rotatable bonds is 3. The molecule has 0 spiro atoms. The first kappa shape index (κ1) is 14.4. The van der Waals surface area contributed by atoms with Crippen molar-refractivity contribution in [3.05, 3.63) is 63.5 Å².